The largest absolute Gasteiger partial charge is 0.492 e. The third-order valence-corrected chi connectivity index (χ3v) is 5.35. The zero-order chi connectivity index (χ0) is 37.3. The SMILES string of the molecule is N=C(N)c1cccc(OC[C@@H](N)Cc2ccc(OC3CCNCC3)cc2)c1.O=C(O)C(F)(F)F.O=C(O)C(F)(F)F.O=C(O)C(F)(F)F. The molecule has 1 fully saturated rings. The standard InChI is InChI=1S/C21H28N4O2.3C2HF3O2/c22-17(14-26-20-3-1-2-16(13-20)21(23)24)12-15-4-6-18(7-5-15)27-19-8-10-25-11-9-19;3*3-2(4,5)1(6)7/h1-7,13,17,19,25H,8-12,14,22H2,(H3,23,24);3*(H,6,7)/t17-;;;/m0.../s1. The van der Waals surface area contributed by atoms with E-state index >= 15 is 0 Å². The summed E-state index contributed by atoms with van der Waals surface area (Å²) < 4.78 is 107. The minimum Gasteiger partial charge on any atom is -0.492 e. The van der Waals surface area contributed by atoms with E-state index in [1.807, 2.05) is 24.3 Å². The second kappa shape index (κ2) is 19.8. The van der Waals surface area contributed by atoms with Crippen LogP contribution in [0.15, 0.2) is 48.5 Å². The summed E-state index contributed by atoms with van der Waals surface area (Å²) in [6.07, 6.45) is -12.1. The van der Waals surface area contributed by atoms with Crippen LogP contribution >= 0.6 is 0 Å². The predicted octanol–water partition coefficient (Wildman–Crippen LogP) is 3.95. The number of hydrogen-bond acceptors (Lipinski definition) is 8. The Morgan fingerprint density at radius 3 is 1.65 bits per heavy atom. The van der Waals surface area contributed by atoms with Crippen molar-refractivity contribution in [2.24, 2.45) is 11.5 Å². The highest BCUT2D eigenvalue weighted by Gasteiger charge is 2.39. The van der Waals surface area contributed by atoms with Gasteiger partial charge >= 0.3 is 36.4 Å². The van der Waals surface area contributed by atoms with Crippen LogP contribution in [0.5, 0.6) is 11.5 Å². The van der Waals surface area contributed by atoms with Crippen molar-refractivity contribution >= 4 is 23.7 Å². The first-order chi connectivity index (χ1) is 21.9. The Labute approximate surface area is 265 Å². The number of halogens is 9. The molecule has 0 aromatic heterocycles. The Balaban J connectivity index is 0.000000855. The normalized spacial score (nSPS) is 13.9. The van der Waals surface area contributed by atoms with E-state index in [1.165, 1.54) is 0 Å². The summed E-state index contributed by atoms with van der Waals surface area (Å²) in [7, 11) is 0. The maximum Gasteiger partial charge on any atom is 0.490 e. The lowest BCUT2D eigenvalue weighted by Crippen LogP contribution is -2.34. The number of nitrogens with two attached hydrogens (primary N) is 2. The summed E-state index contributed by atoms with van der Waals surface area (Å²) in [5.41, 5.74) is 13.5. The number of ether oxygens (including phenoxy) is 2. The van der Waals surface area contributed by atoms with Crippen molar-refractivity contribution < 1.29 is 78.7 Å². The molecule has 270 valence electrons. The average Bonchev–Trinajstić information content (AvgIpc) is 2.97. The molecule has 0 radical (unpaired) electrons. The molecular weight excluding hydrogens is 679 g/mol. The Morgan fingerprint density at radius 2 is 1.25 bits per heavy atom. The first-order valence-electron chi connectivity index (χ1n) is 13.1. The van der Waals surface area contributed by atoms with E-state index in [2.05, 4.69) is 17.4 Å². The fourth-order valence-electron chi connectivity index (χ4n) is 3.13. The minimum atomic E-state index is -5.08. The molecule has 1 aliphatic rings. The summed E-state index contributed by atoms with van der Waals surface area (Å²) >= 11 is 0. The van der Waals surface area contributed by atoms with Crippen LogP contribution in [-0.4, -0.2) is 89.4 Å². The van der Waals surface area contributed by atoms with Gasteiger partial charge in [-0.1, -0.05) is 24.3 Å². The molecule has 1 heterocycles. The summed E-state index contributed by atoms with van der Waals surface area (Å²) in [5, 5.41) is 32.2. The zero-order valence-electron chi connectivity index (χ0n) is 24.5. The Morgan fingerprint density at radius 1 is 0.812 bits per heavy atom. The highest BCUT2D eigenvalue weighted by atomic mass is 19.4. The number of nitrogen functional groups attached to an aromatic ring is 1. The third-order valence-electron chi connectivity index (χ3n) is 5.35. The van der Waals surface area contributed by atoms with Crippen LogP contribution in [0.2, 0.25) is 0 Å². The molecule has 3 rings (SSSR count). The molecule has 12 nitrogen and oxygen atoms in total. The van der Waals surface area contributed by atoms with Crippen molar-refractivity contribution in [2.75, 3.05) is 19.7 Å². The van der Waals surface area contributed by atoms with Crippen molar-refractivity contribution in [3.63, 3.8) is 0 Å². The van der Waals surface area contributed by atoms with E-state index in [1.54, 1.807) is 12.1 Å². The Bertz CT molecular complexity index is 1260. The van der Waals surface area contributed by atoms with Gasteiger partial charge in [0.1, 0.15) is 30.0 Å². The van der Waals surface area contributed by atoms with Gasteiger partial charge in [-0.3, -0.25) is 5.41 Å². The number of alkyl halides is 9. The number of rotatable bonds is 8. The second-order valence-electron chi connectivity index (χ2n) is 9.34. The zero-order valence-corrected chi connectivity index (χ0v) is 24.5. The molecule has 2 aromatic carbocycles. The molecule has 9 N–H and O–H groups in total. The van der Waals surface area contributed by atoms with Crippen LogP contribution in [0.1, 0.15) is 24.0 Å². The first kappa shape index (κ1) is 43.2. The summed E-state index contributed by atoms with van der Waals surface area (Å²) in [4.78, 5) is 26.7. The second-order valence-corrected chi connectivity index (χ2v) is 9.34. The van der Waals surface area contributed by atoms with Crippen LogP contribution in [0, 0.1) is 5.41 Å². The van der Waals surface area contributed by atoms with E-state index in [-0.39, 0.29) is 11.9 Å². The lowest BCUT2D eigenvalue weighted by molar-refractivity contribution is -0.193. The lowest BCUT2D eigenvalue weighted by atomic mass is 10.1. The van der Waals surface area contributed by atoms with Gasteiger partial charge in [-0.25, -0.2) is 14.4 Å². The van der Waals surface area contributed by atoms with Crippen LogP contribution in [0.4, 0.5) is 39.5 Å². The van der Waals surface area contributed by atoms with Gasteiger partial charge in [0.25, 0.3) is 0 Å². The van der Waals surface area contributed by atoms with Gasteiger partial charge in [-0.2, -0.15) is 39.5 Å². The maximum absolute atomic E-state index is 10.6. The summed E-state index contributed by atoms with van der Waals surface area (Å²) in [6.45, 7) is 2.44. The quantitative estimate of drug-likeness (QED) is 0.118. The lowest BCUT2D eigenvalue weighted by Gasteiger charge is -2.24. The fraction of sp³-hybridized carbons (Fsp3) is 0.407. The molecule has 0 aliphatic carbocycles. The van der Waals surface area contributed by atoms with Gasteiger partial charge in [-0.05, 0) is 62.2 Å². The van der Waals surface area contributed by atoms with E-state index in [4.69, 9.17) is 56.1 Å². The number of piperidine rings is 1. The first-order valence-corrected chi connectivity index (χ1v) is 13.1. The average molecular weight is 711 g/mol. The van der Waals surface area contributed by atoms with E-state index in [9.17, 15) is 39.5 Å². The van der Waals surface area contributed by atoms with Crippen molar-refractivity contribution in [3.8, 4) is 11.5 Å². The molecular formula is C27H31F9N4O8. The predicted molar refractivity (Wildman–Crippen MR) is 149 cm³/mol. The highest BCUT2D eigenvalue weighted by molar-refractivity contribution is 5.95. The monoisotopic (exact) mass is 710 g/mol. The van der Waals surface area contributed by atoms with Crippen LogP contribution < -0.4 is 26.3 Å². The number of hydrogen-bond donors (Lipinski definition) is 7. The van der Waals surface area contributed by atoms with E-state index in [0.717, 1.165) is 43.7 Å². The Hall–Kier alpha value is -4.79. The molecule has 0 bridgehead atoms. The van der Waals surface area contributed by atoms with Gasteiger partial charge in [0, 0.05) is 11.6 Å². The topological polar surface area (TPSA) is 218 Å². The maximum atomic E-state index is 10.6. The van der Waals surface area contributed by atoms with Gasteiger partial charge in [0.15, 0.2) is 0 Å². The molecule has 1 atom stereocenters. The third kappa shape index (κ3) is 19.7. The highest BCUT2D eigenvalue weighted by Crippen LogP contribution is 2.19. The van der Waals surface area contributed by atoms with Crippen LogP contribution in [-0.2, 0) is 20.8 Å². The molecule has 0 unspecified atom stereocenters. The van der Waals surface area contributed by atoms with Gasteiger partial charge in [0.2, 0.25) is 0 Å². The van der Waals surface area contributed by atoms with E-state index < -0.39 is 36.4 Å². The van der Waals surface area contributed by atoms with Crippen LogP contribution in [0.3, 0.4) is 0 Å². The number of nitrogens with one attached hydrogen (secondary N) is 2. The van der Waals surface area contributed by atoms with Crippen molar-refractivity contribution in [1.82, 2.24) is 5.32 Å². The number of amidine groups is 1. The van der Waals surface area contributed by atoms with Gasteiger partial charge in [-0.15, -0.1) is 0 Å². The Kier molecular flexibility index (Phi) is 17.8. The molecule has 21 heteroatoms. The van der Waals surface area contributed by atoms with Crippen molar-refractivity contribution in [3.05, 3.63) is 59.7 Å². The number of carboxylic acid groups (broad SMARTS) is 3. The number of carboxylic acids is 3. The number of aliphatic carboxylic acids is 3. The molecule has 0 saturated carbocycles. The van der Waals surface area contributed by atoms with Crippen LogP contribution in [0.25, 0.3) is 0 Å². The minimum absolute atomic E-state index is 0.0246. The molecule has 1 saturated heterocycles. The molecule has 2 aromatic rings. The summed E-state index contributed by atoms with van der Waals surface area (Å²) in [5.74, 6) is -6.66. The molecule has 1 aliphatic heterocycles. The summed E-state index contributed by atoms with van der Waals surface area (Å²) in [6, 6.07) is 15.2. The van der Waals surface area contributed by atoms with Crippen molar-refractivity contribution in [1.29, 1.82) is 5.41 Å². The number of benzene rings is 2. The molecule has 0 spiro atoms. The fourth-order valence-corrected chi connectivity index (χ4v) is 3.13. The smallest absolute Gasteiger partial charge is 0.490 e. The molecule has 48 heavy (non-hydrogen) atoms. The molecule has 0 amide bonds. The van der Waals surface area contributed by atoms with Gasteiger partial charge < -0.3 is 41.6 Å². The van der Waals surface area contributed by atoms with Crippen molar-refractivity contribution in [2.45, 2.75) is 49.9 Å². The van der Waals surface area contributed by atoms with Gasteiger partial charge in [0.05, 0.1) is 0 Å². The van der Waals surface area contributed by atoms with E-state index in [0.29, 0.717) is 24.0 Å². The number of carbonyl (C=O) groups is 3.